The Hall–Kier alpha value is -1.38. The summed E-state index contributed by atoms with van der Waals surface area (Å²) in [5.74, 6) is 3.09. The molecule has 246 valence electrons. The van der Waals surface area contributed by atoms with Crippen LogP contribution in [0.5, 0.6) is 5.75 Å². The molecule has 5 unspecified atom stereocenters. The molecule has 0 aliphatic heterocycles. The van der Waals surface area contributed by atoms with Gasteiger partial charge in [0.2, 0.25) is 0 Å². The standard InChI is InChI=1S/C29H38F9NO3S/c1-25-10-9-21-20-6-4-19(40-13-2-16-43)17-18(20)3-5-22(21)23(25)7-8-24(25)41-14-11-39-12-15-42-26(27(30,31)32,28(33,34)35)29(36,37)38/h4,6,17,21-24,39,43H,2-3,5,7-16H2,1H3. The third-order valence-electron chi connectivity index (χ3n) is 9.58. The van der Waals surface area contributed by atoms with Gasteiger partial charge in [-0.3, -0.25) is 0 Å². The number of benzene rings is 1. The van der Waals surface area contributed by atoms with Crippen molar-refractivity contribution in [2.75, 3.05) is 38.7 Å². The summed E-state index contributed by atoms with van der Waals surface area (Å²) in [6.07, 6.45) is -13.5. The second-order valence-corrected chi connectivity index (χ2v) is 12.4. The van der Waals surface area contributed by atoms with Crippen molar-refractivity contribution < 1.29 is 53.7 Å². The molecule has 2 saturated carbocycles. The zero-order valence-electron chi connectivity index (χ0n) is 23.8. The SMILES string of the molecule is CC12CCC3c4ccc(OCCCS)cc4CCC3C1CCC2OCCNCCOC(C(F)(F)F)(C(F)(F)F)C(F)(F)F. The lowest BCUT2D eigenvalue weighted by Gasteiger charge is -2.50. The van der Waals surface area contributed by atoms with Gasteiger partial charge in [-0.25, -0.2) is 0 Å². The number of thiol groups is 1. The maximum atomic E-state index is 13.0. The van der Waals surface area contributed by atoms with Crippen molar-refractivity contribution in [1.82, 2.24) is 5.32 Å². The fraction of sp³-hybridized carbons (Fsp3) is 0.793. The Bertz CT molecular complexity index is 1040. The van der Waals surface area contributed by atoms with Gasteiger partial charge < -0.3 is 19.5 Å². The minimum Gasteiger partial charge on any atom is -0.494 e. The Kier molecular flexibility index (Phi) is 10.6. The molecule has 14 heteroatoms. The van der Waals surface area contributed by atoms with Crippen LogP contribution in [0.15, 0.2) is 18.2 Å². The van der Waals surface area contributed by atoms with Crippen molar-refractivity contribution in [3.05, 3.63) is 29.3 Å². The highest BCUT2D eigenvalue weighted by Crippen LogP contribution is 2.61. The fourth-order valence-electron chi connectivity index (χ4n) is 7.53. The number of hydrogen-bond acceptors (Lipinski definition) is 5. The van der Waals surface area contributed by atoms with Gasteiger partial charge in [0.15, 0.2) is 0 Å². The van der Waals surface area contributed by atoms with Crippen molar-refractivity contribution in [2.45, 2.75) is 88.0 Å². The van der Waals surface area contributed by atoms with E-state index < -0.39 is 37.3 Å². The number of ether oxygens (including phenoxy) is 3. The van der Waals surface area contributed by atoms with Crippen molar-refractivity contribution in [1.29, 1.82) is 0 Å². The minimum atomic E-state index is -6.73. The van der Waals surface area contributed by atoms with Gasteiger partial charge >= 0.3 is 24.1 Å². The van der Waals surface area contributed by atoms with E-state index in [2.05, 4.69) is 41.7 Å². The third kappa shape index (κ3) is 6.77. The average Bonchev–Trinajstić information content (AvgIpc) is 3.24. The number of hydrogen-bond donors (Lipinski definition) is 2. The van der Waals surface area contributed by atoms with E-state index >= 15 is 0 Å². The molecule has 3 aliphatic rings. The Labute approximate surface area is 250 Å². The molecule has 0 spiro atoms. The van der Waals surface area contributed by atoms with E-state index in [-0.39, 0.29) is 24.7 Å². The van der Waals surface area contributed by atoms with Gasteiger partial charge in [0.25, 0.3) is 0 Å². The topological polar surface area (TPSA) is 39.7 Å². The van der Waals surface area contributed by atoms with Gasteiger partial charge in [-0.15, -0.1) is 0 Å². The lowest BCUT2D eigenvalue weighted by molar-refractivity contribution is -0.457. The van der Waals surface area contributed by atoms with E-state index in [1.807, 2.05) is 6.07 Å². The molecule has 4 nitrogen and oxygen atoms in total. The molecule has 0 radical (unpaired) electrons. The van der Waals surface area contributed by atoms with E-state index in [4.69, 9.17) is 9.47 Å². The van der Waals surface area contributed by atoms with Crippen molar-refractivity contribution >= 4 is 12.6 Å². The molecule has 1 aromatic carbocycles. The van der Waals surface area contributed by atoms with Crippen molar-refractivity contribution in [3.63, 3.8) is 0 Å². The van der Waals surface area contributed by atoms with E-state index in [1.165, 1.54) is 11.1 Å². The van der Waals surface area contributed by atoms with Gasteiger partial charge in [-0.05, 0) is 97.1 Å². The van der Waals surface area contributed by atoms with Gasteiger partial charge in [-0.2, -0.15) is 52.1 Å². The van der Waals surface area contributed by atoms with Crippen LogP contribution in [0.2, 0.25) is 0 Å². The Morgan fingerprint density at radius 2 is 1.56 bits per heavy atom. The number of rotatable bonds is 12. The predicted octanol–water partition coefficient (Wildman–Crippen LogP) is 7.66. The summed E-state index contributed by atoms with van der Waals surface area (Å²) in [7, 11) is 0. The molecule has 0 aromatic heterocycles. The molecule has 0 heterocycles. The van der Waals surface area contributed by atoms with Crippen LogP contribution in [0.4, 0.5) is 39.5 Å². The molecular weight excluding hydrogens is 613 g/mol. The molecule has 43 heavy (non-hydrogen) atoms. The Balaban J connectivity index is 1.26. The quantitative estimate of drug-likeness (QED) is 0.138. The highest BCUT2D eigenvalue weighted by Gasteiger charge is 2.85. The van der Waals surface area contributed by atoms with Crippen LogP contribution in [-0.2, 0) is 15.9 Å². The van der Waals surface area contributed by atoms with E-state index in [0.717, 1.165) is 56.4 Å². The van der Waals surface area contributed by atoms with Crippen molar-refractivity contribution in [3.8, 4) is 5.75 Å². The first-order valence-electron chi connectivity index (χ1n) is 14.6. The largest absolute Gasteiger partial charge is 0.494 e. The van der Waals surface area contributed by atoms with Crippen LogP contribution < -0.4 is 10.1 Å². The molecular formula is C29H38F9NO3S. The highest BCUT2D eigenvalue weighted by molar-refractivity contribution is 7.80. The molecule has 3 aliphatic carbocycles. The molecule has 0 amide bonds. The monoisotopic (exact) mass is 651 g/mol. The molecule has 2 fully saturated rings. The maximum Gasteiger partial charge on any atom is 0.435 e. The van der Waals surface area contributed by atoms with E-state index in [1.54, 1.807) is 0 Å². The fourth-order valence-corrected chi connectivity index (χ4v) is 7.66. The van der Waals surface area contributed by atoms with Crippen LogP contribution >= 0.6 is 12.6 Å². The van der Waals surface area contributed by atoms with Crippen LogP contribution in [0, 0.1) is 17.3 Å². The molecule has 5 atom stereocenters. The smallest absolute Gasteiger partial charge is 0.435 e. The second kappa shape index (κ2) is 13.2. The third-order valence-corrected chi connectivity index (χ3v) is 9.89. The summed E-state index contributed by atoms with van der Waals surface area (Å²) in [4.78, 5) is 0. The van der Waals surface area contributed by atoms with Crippen LogP contribution in [0.1, 0.15) is 62.5 Å². The molecule has 0 saturated heterocycles. The first kappa shape index (κ1) is 34.5. The number of halogens is 9. The predicted molar refractivity (Wildman–Crippen MR) is 144 cm³/mol. The Morgan fingerprint density at radius 1 is 0.884 bits per heavy atom. The first-order chi connectivity index (χ1) is 20.1. The Morgan fingerprint density at radius 3 is 2.21 bits per heavy atom. The van der Waals surface area contributed by atoms with Gasteiger partial charge in [0.1, 0.15) is 5.75 Å². The molecule has 1 aromatic rings. The second-order valence-electron chi connectivity index (χ2n) is 12.0. The minimum absolute atomic E-state index is 0.0372. The lowest BCUT2D eigenvalue weighted by atomic mass is 9.55. The summed E-state index contributed by atoms with van der Waals surface area (Å²) < 4.78 is 132. The zero-order chi connectivity index (χ0) is 31.7. The summed E-state index contributed by atoms with van der Waals surface area (Å²) in [5.41, 5.74) is -3.59. The maximum absolute atomic E-state index is 13.0. The first-order valence-corrected chi connectivity index (χ1v) is 15.2. The highest BCUT2D eigenvalue weighted by atomic mass is 32.1. The van der Waals surface area contributed by atoms with E-state index in [9.17, 15) is 39.5 Å². The molecule has 1 N–H and O–H groups in total. The molecule has 4 rings (SSSR count). The summed E-state index contributed by atoms with van der Waals surface area (Å²) in [6, 6.07) is 6.40. The van der Waals surface area contributed by atoms with Crippen LogP contribution in [0.3, 0.4) is 0 Å². The van der Waals surface area contributed by atoms with Gasteiger partial charge in [0, 0.05) is 13.1 Å². The lowest BCUT2D eigenvalue weighted by Crippen LogP contribution is -2.68. The number of nitrogens with one attached hydrogen (secondary N) is 1. The van der Waals surface area contributed by atoms with E-state index in [0.29, 0.717) is 24.4 Å². The zero-order valence-corrected chi connectivity index (χ0v) is 24.7. The van der Waals surface area contributed by atoms with Gasteiger partial charge in [-0.1, -0.05) is 13.0 Å². The summed E-state index contributed by atoms with van der Waals surface area (Å²) in [5, 5.41) is 2.53. The average molecular weight is 652 g/mol. The number of fused-ring (bicyclic) bond motifs is 5. The number of aryl methyl sites for hydroxylation is 1. The van der Waals surface area contributed by atoms with Gasteiger partial charge in [0.05, 0.1) is 25.9 Å². The number of alkyl halides is 9. The van der Waals surface area contributed by atoms with Crippen LogP contribution in [0.25, 0.3) is 0 Å². The van der Waals surface area contributed by atoms with Crippen LogP contribution in [-0.4, -0.2) is 68.9 Å². The normalized spacial score (nSPS) is 27.9. The molecule has 0 bridgehead atoms. The summed E-state index contributed by atoms with van der Waals surface area (Å²) >= 11 is 4.22. The van der Waals surface area contributed by atoms with Crippen molar-refractivity contribution in [2.24, 2.45) is 17.3 Å². The summed E-state index contributed by atoms with van der Waals surface area (Å²) in [6.45, 7) is 0.914.